The summed E-state index contributed by atoms with van der Waals surface area (Å²) in [6, 6.07) is 1.84. The quantitative estimate of drug-likeness (QED) is 0.615. The summed E-state index contributed by atoms with van der Waals surface area (Å²) in [6.45, 7) is 6.17. The number of pyridine rings is 1. The van der Waals surface area contributed by atoms with Crippen LogP contribution in [0.1, 0.15) is 26.3 Å². The summed E-state index contributed by atoms with van der Waals surface area (Å²) in [6.07, 6.45) is 3.17. The lowest BCUT2D eigenvalue weighted by Gasteiger charge is -2.19. The van der Waals surface area contributed by atoms with Crippen molar-refractivity contribution >= 4 is 0 Å². The summed E-state index contributed by atoms with van der Waals surface area (Å²) in [5.41, 5.74) is 0.931. The van der Waals surface area contributed by atoms with E-state index < -0.39 is 0 Å². The molecule has 0 saturated heterocycles. The van der Waals surface area contributed by atoms with Crippen molar-refractivity contribution in [1.29, 1.82) is 0 Å². The number of rotatable bonds is 0. The fourth-order valence-electron chi connectivity index (χ4n) is 1.02. The lowest BCUT2D eigenvalue weighted by Crippen LogP contribution is -2.11. The first-order chi connectivity index (χ1) is 5.02. The standard InChI is InChI=1S/C9H13NO/c1-9(2,3)7-4-5-10-6-8(7)11/h4-6,11H,1-3H3. The molecule has 0 aromatic carbocycles. The Morgan fingerprint density at radius 3 is 2.36 bits per heavy atom. The van der Waals surface area contributed by atoms with Gasteiger partial charge in [0.05, 0.1) is 6.20 Å². The minimum Gasteiger partial charge on any atom is -0.506 e. The van der Waals surface area contributed by atoms with E-state index in [1.807, 2.05) is 6.07 Å². The van der Waals surface area contributed by atoms with Gasteiger partial charge in [0.15, 0.2) is 0 Å². The van der Waals surface area contributed by atoms with Crippen LogP contribution >= 0.6 is 0 Å². The Bertz CT molecular complexity index is 250. The number of hydrogen-bond acceptors (Lipinski definition) is 2. The molecule has 0 atom stereocenters. The molecule has 1 heterocycles. The SMILES string of the molecule is CC(C)(C)c1ccncc1O. The molecule has 0 bridgehead atoms. The molecular formula is C9H13NO. The Labute approximate surface area is 66.9 Å². The fraction of sp³-hybridized carbons (Fsp3) is 0.444. The molecule has 1 rings (SSSR count). The maximum Gasteiger partial charge on any atom is 0.137 e. The van der Waals surface area contributed by atoms with Crippen LogP contribution in [0.15, 0.2) is 18.5 Å². The zero-order valence-corrected chi connectivity index (χ0v) is 7.13. The molecular weight excluding hydrogens is 138 g/mol. The van der Waals surface area contributed by atoms with Gasteiger partial charge >= 0.3 is 0 Å². The van der Waals surface area contributed by atoms with Crippen molar-refractivity contribution in [3.8, 4) is 5.75 Å². The summed E-state index contributed by atoms with van der Waals surface area (Å²) >= 11 is 0. The zero-order chi connectivity index (χ0) is 8.48. The minimum absolute atomic E-state index is 0.00692. The maximum atomic E-state index is 9.38. The van der Waals surface area contributed by atoms with Crippen LogP contribution in [0.4, 0.5) is 0 Å². The maximum absolute atomic E-state index is 9.38. The van der Waals surface area contributed by atoms with E-state index in [-0.39, 0.29) is 11.2 Å². The van der Waals surface area contributed by atoms with Gasteiger partial charge in [-0.05, 0) is 11.5 Å². The topological polar surface area (TPSA) is 33.1 Å². The molecule has 0 radical (unpaired) electrons. The third-order valence-electron chi connectivity index (χ3n) is 1.61. The van der Waals surface area contributed by atoms with Gasteiger partial charge in [0.2, 0.25) is 0 Å². The number of aromatic nitrogens is 1. The predicted molar refractivity (Wildman–Crippen MR) is 44.6 cm³/mol. The molecule has 0 aliphatic heterocycles. The molecule has 0 fully saturated rings. The van der Waals surface area contributed by atoms with Gasteiger partial charge in [-0.1, -0.05) is 20.8 Å². The normalized spacial score (nSPS) is 11.5. The van der Waals surface area contributed by atoms with Crippen molar-refractivity contribution in [2.24, 2.45) is 0 Å². The van der Waals surface area contributed by atoms with E-state index in [0.717, 1.165) is 5.56 Å². The zero-order valence-electron chi connectivity index (χ0n) is 7.13. The van der Waals surface area contributed by atoms with E-state index in [1.165, 1.54) is 6.20 Å². The van der Waals surface area contributed by atoms with Crippen LogP contribution in [0.3, 0.4) is 0 Å². The van der Waals surface area contributed by atoms with Crippen LogP contribution in [0.2, 0.25) is 0 Å². The molecule has 0 spiro atoms. The van der Waals surface area contributed by atoms with Crippen molar-refractivity contribution < 1.29 is 5.11 Å². The highest BCUT2D eigenvalue weighted by Gasteiger charge is 2.16. The van der Waals surface area contributed by atoms with Crippen LogP contribution in [0.5, 0.6) is 5.75 Å². The number of nitrogens with zero attached hydrogens (tertiary/aromatic N) is 1. The molecule has 0 aliphatic rings. The van der Waals surface area contributed by atoms with Crippen molar-refractivity contribution in [3.63, 3.8) is 0 Å². The van der Waals surface area contributed by atoms with E-state index in [2.05, 4.69) is 25.8 Å². The van der Waals surface area contributed by atoms with E-state index in [0.29, 0.717) is 0 Å². The third kappa shape index (κ3) is 1.70. The van der Waals surface area contributed by atoms with E-state index in [9.17, 15) is 5.11 Å². The molecule has 0 aliphatic carbocycles. The highest BCUT2D eigenvalue weighted by Crippen LogP contribution is 2.28. The first-order valence-corrected chi connectivity index (χ1v) is 3.65. The molecule has 60 valence electrons. The fourth-order valence-corrected chi connectivity index (χ4v) is 1.02. The molecule has 0 unspecified atom stereocenters. The van der Waals surface area contributed by atoms with E-state index >= 15 is 0 Å². The Kier molecular flexibility index (Phi) is 1.85. The number of aromatic hydroxyl groups is 1. The lowest BCUT2D eigenvalue weighted by molar-refractivity contribution is 0.444. The van der Waals surface area contributed by atoms with Crippen LogP contribution in [-0.2, 0) is 5.41 Å². The first kappa shape index (κ1) is 8.05. The lowest BCUT2D eigenvalue weighted by atomic mass is 9.87. The van der Waals surface area contributed by atoms with Crippen LogP contribution in [-0.4, -0.2) is 10.1 Å². The highest BCUT2D eigenvalue weighted by atomic mass is 16.3. The highest BCUT2D eigenvalue weighted by molar-refractivity contribution is 5.33. The van der Waals surface area contributed by atoms with Crippen molar-refractivity contribution in [3.05, 3.63) is 24.0 Å². The molecule has 0 saturated carbocycles. The molecule has 1 N–H and O–H groups in total. The van der Waals surface area contributed by atoms with Gasteiger partial charge in [-0.15, -0.1) is 0 Å². The summed E-state index contributed by atoms with van der Waals surface area (Å²) in [7, 11) is 0. The van der Waals surface area contributed by atoms with E-state index in [1.54, 1.807) is 6.20 Å². The molecule has 1 aromatic rings. The van der Waals surface area contributed by atoms with Gasteiger partial charge in [-0.25, -0.2) is 0 Å². The Hall–Kier alpha value is -1.05. The summed E-state index contributed by atoms with van der Waals surface area (Å²) in [5, 5.41) is 9.38. The average Bonchev–Trinajstić information content (AvgIpc) is 1.86. The van der Waals surface area contributed by atoms with Crippen molar-refractivity contribution in [1.82, 2.24) is 4.98 Å². The molecule has 2 heteroatoms. The number of hydrogen-bond donors (Lipinski definition) is 1. The van der Waals surface area contributed by atoms with Crippen molar-refractivity contribution in [2.75, 3.05) is 0 Å². The first-order valence-electron chi connectivity index (χ1n) is 3.65. The second kappa shape index (κ2) is 2.53. The third-order valence-corrected chi connectivity index (χ3v) is 1.61. The Balaban J connectivity index is 3.14. The minimum atomic E-state index is -0.00692. The summed E-state index contributed by atoms with van der Waals surface area (Å²) in [4.78, 5) is 3.81. The van der Waals surface area contributed by atoms with Gasteiger partial charge in [0, 0.05) is 11.8 Å². The van der Waals surface area contributed by atoms with Gasteiger partial charge in [0.25, 0.3) is 0 Å². The smallest absolute Gasteiger partial charge is 0.137 e. The average molecular weight is 151 g/mol. The molecule has 11 heavy (non-hydrogen) atoms. The van der Waals surface area contributed by atoms with Gasteiger partial charge in [-0.2, -0.15) is 0 Å². The molecule has 2 nitrogen and oxygen atoms in total. The van der Waals surface area contributed by atoms with Crippen molar-refractivity contribution in [2.45, 2.75) is 26.2 Å². The van der Waals surface area contributed by atoms with Gasteiger partial charge < -0.3 is 5.11 Å². The largest absolute Gasteiger partial charge is 0.506 e. The summed E-state index contributed by atoms with van der Waals surface area (Å²) in [5.74, 6) is 0.278. The predicted octanol–water partition coefficient (Wildman–Crippen LogP) is 2.08. The Morgan fingerprint density at radius 2 is 2.00 bits per heavy atom. The summed E-state index contributed by atoms with van der Waals surface area (Å²) < 4.78 is 0. The Morgan fingerprint density at radius 1 is 1.36 bits per heavy atom. The van der Waals surface area contributed by atoms with E-state index in [4.69, 9.17) is 0 Å². The van der Waals surface area contributed by atoms with Crippen LogP contribution in [0.25, 0.3) is 0 Å². The second-order valence-corrected chi connectivity index (χ2v) is 3.64. The second-order valence-electron chi connectivity index (χ2n) is 3.64. The monoisotopic (exact) mass is 151 g/mol. The molecule has 1 aromatic heterocycles. The van der Waals surface area contributed by atoms with Crippen LogP contribution < -0.4 is 0 Å². The molecule has 0 amide bonds. The van der Waals surface area contributed by atoms with Gasteiger partial charge in [0.1, 0.15) is 5.75 Å². The van der Waals surface area contributed by atoms with Crippen LogP contribution in [0, 0.1) is 0 Å². The van der Waals surface area contributed by atoms with Gasteiger partial charge in [-0.3, -0.25) is 4.98 Å².